The molecule has 1 aliphatic rings. The van der Waals surface area contributed by atoms with Crippen molar-refractivity contribution in [2.75, 3.05) is 19.6 Å². The van der Waals surface area contributed by atoms with Crippen LogP contribution in [-0.4, -0.2) is 35.8 Å². The normalized spacial score (nSPS) is 23.0. The van der Waals surface area contributed by atoms with Gasteiger partial charge in [0, 0.05) is 13.1 Å². The number of rotatable bonds is 6. The van der Waals surface area contributed by atoms with Gasteiger partial charge in [-0.3, -0.25) is 0 Å². The number of benzene rings is 1. The van der Waals surface area contributed by atoms with Crippen LogP contribution in [0.1, 0.15) is 50.3 Å². The molecule has 1 aromatic rings. The standard InChI is InChI=1S/C18H28FNO/c1-14(19)9-11-20-10-3-4-17(13-20)12-16-5-7-18(8-6-16)15(2)21/h5-8,14-15,17,21H,3-4,9-13H2,1-2H3. The highest BCUT2D eigenvalue weighted by Crippen LogP contribution is 2.22. The van der Waals surface area contributed by atoms with Crippen molar-refractivity contribution < 1.29 is 9.50 Å². The van der Waals surface area contributed by atoms with Crippen LogP contribution in [0, 0.1) is 5.92 Å². The summed E-state index contributed by atoms with van der Waals surface area (Å²) in [6.45, 7) is 6.52. The number of halogens is 1. The fourth-order valence-corrected chi connectivity index (χ4v) is 3.15. The Morgan fingerprint density at radius 3 is 2.62 bits per heavy atom. The van der Waals surface area contributed by atoms with Gasteiger partial charge < -0.3 is 10.0 Å². The van der Waals surface area contributed by atoms with Gasteiger partial charge in [0.05, 0.1) is 12.3 Å². The lowest BCUT2D eigenvalue weighted by molar-refractivity contribution is 0.158. The maximum Gasteiger partial charge on any atom is 0.0985 e. The summed E-state index contributed by atoms with van der Waals surface area (Å²) >= 11 is 0. The van der Waals surface area contributed by atoms with Crippen LogP contribution in [0.15, 0.2) is 24.3 Å². The number of nitrogens with zero attached hydrogens (tertiary/aromatic N) is 1. The van der Waals surface area contributed by atoms with Crippen LogP contribution in [0.5, 0.6) is 0 Å². The monoisotopic (exact) mass is 293 g/mol. The number of hydrogen-bond acceptors (Lipinski definition) is 2. The summed E-state index contributed by atoms with van der Waals surface area (Å²) in [7, 11) is 0. The van der Waals surface area contributed by atoms with Crippen LogP contribution >= 0.6 is 0 Å². The number of aliphatic hydroxyl groups is 1. The molecule has 0 amide bonds. The van der Waals surface area contributed by atoms with Crippen molar-refractivity contribution in [3.8, 4) is 0 Å². The highest BCUT2D eigenvalue weighted by atomic mass is 19.1. The molecule has 2 nitrogen and oxygen atoms in total. The number of likely N-dealkylation sites (tertiary alicyclic amines) is 1. The Labute approximate surface area is 128 Å². The van der Waals surface area contributed by atoms with E-state index < -0.39 is 12.3 Å². The van der Waals surface area contributed by atoms with Crippen LogP contribution in [0.4, 0.5) is 4.39 Å². The molecule has 0 radical (unpaired) electrons. The Bertz CT molecular complexity index is 416. The minimum Gasteiger partial charge on any atom is -0.389 e. The fraction of sp³-hybridized carbons (Fsp3) is 0.667. The molecule has 2 rings (SSSR count). The van der Waals surface area contributed by atoms with Crippen molar-refractivity contribution >= 4 is 0 Å². The first kappa shape index (κ1) is 16.4. The smallest absolute Gasteiger partial charge is 0.0985 e. The molecule has 21 heavy (non-hydrogen) atoms. The van der Waals surface area contributed by atoms with Crippen molar-refractivity contribution in [2.24, 2.45) is 5.92 Å². The summed E-state index contributed by atoms with van der Waals surface area (Å²) in [6.07, 6.45) is 3.12. The summed E-state index contributed by atoms with van der Waals surface area (Å²) in [5.74, 6) is 0.672. The molecular weight excluding hydrogens is 265 g/mol. The van der Waals surface area contributed by atoms with Crippen LogP contribution in [0.25, 0.3) is 0 Å². The third-order valence-electron chi connectivity index (χ3n) is 4.43. The summed E-state index contributed by atoms with van der Waals surface area (Å²) in [6, 6.07) is 8.30. The molecule has 0 aliphatic carbocycles. The second-order valence-electron chi connectivity index (χ2n) is 6.50. The average Bonchev–Trinajstić information content (AvgIpc) is 2.46. The van der Waals surface area contributed by atoms with Crippen molar-refractivity contribution in [1.82, 2.24) is 4.90 Å². The predicted octanol–water partition coefficient (Wildman–Crippen LogP) is 3.74. The van der Waals surface area contributed by atoms with Gasteiger partial charge in [-0.2, -0.15) is 0 Å². The minimum absolute atomic E-state index is 0.396. The van der Waals surface area contributed by atoms with E-state index in [-0.39, 0.29) is 0 Å². The largest absolute Gasteiger partial charge is 0.389 e. The van der Waals surface area contributed by atoms with Crippen molar-refractivity contribution in [3.63, 3.8) is 0 Å². The Morgan fingerprint density at radius 2 is 2.00 bits per heavy atom. The Hall–Kier alpha value is -0.930. The molecule has 0 saturated carbocycles. The van der Waals surface area contributed by atoms with Gasteiger partial charge in [-0.1, -0.05) is 24.3 Å². The minimum atomic E-state index is -0.696. The molecule has 1 aliphatic heterocycles. The lowest BCUT2D eigenvalue weighted by Crippen LogP contribution is -2.37. The third kappa shape index (κ3) is 5.40. The molecule has 1 aromatic carbocycles. The van der Waals surface area contributed by atoms with E-state index in [1.165, 1.54) is 18.4 Å². The fourth-order valence-electron chi connectivity index (χ4n) is 3.15. The molecule has 0 spiro atoms. The Balaban J connectivity index is 1.84. The first-order valence-corrected chi connectivity index (χ1v) is 8.18. The van der Waals surface area contributed by atoms with Gasteiger partial charge in [0.2, 0.25) is 0 Å². The molecule has 3 atom stereocenters. The highest BCUT2D eigenvalue weighted by Gasteiger charge is 2.20. The number of hydrogen-bond donors (Lipinski definition) is 1. The van der Waals surface area contributed by atoms with E-state index in [1.807, 2.05) is 12.1 Å². The van der Waals surface area contributed by atoms with Gasteiger partial charge in [-0.05, 0) is 63.1 Å². The van der Waals surface area contributed by atoms with E-state index in [0.29, 0.717) is 12.3 Å². The van der Waals surface area contributed by atoms with Crippen molar-refractivity contribution in [3.05, 3.63) is 35.4 Å². The van der Waals surface area contributed by atoms with Crippen LogP contribution < -0.4 is 0 Å². The van der Waals surface area contributed by atoms with Gasteiger partial charge in [-0.15, -0.1) is 0 Å². The molecule has 1 N–H and O–H groups in total. The van der Waals surface area contributed by atoms with Gasteiger partial charge in [0.1, 0.15) is 0 Å². The molecule has 1 saturated heterocycles. The lowest BCUT2D eigenvalue weighted by Gasteiger charge is -2.33. The highest BCUT2D eigenvalue weighted by molar-refractivity contribution is 5.24. The summed E-state index contributed by atoms with van der Waals surface area (Å²) in [4.78, 5) is 2.41. The first-order chi connectivity index (χ1) is 10.0. The number of piperidine rings is 1. The average molecular weight is 293 g/mol. The van der Waals surface area contributed by atoms with E-state index in [4.69, 9.17) is 0 Å². The maximum absolute atomic E-state index is 13.0. The summed E-state index contributed by atoms with van der Waals surface area (Å²) < 4.78 is 13.0. The predicted molar refractivity (Wildman–Crippen MR) is 85.1 cm³/mol. The van der Waals surface area contributed by atoms with Gasteiger partial charge in [0.25, 0.3) is 0 Å². The zero-order valence-electron chi connectivity index (χ0n) is 13.3. The van der Waals surface area contributed by atoms with E-state index >= 15 is 0 Å². The summed E-state index contributed by atoms with van der Waals surface area (Å²) in [5.41, 5.74) is 2.31. The van der Waals surface area contributed by atoms with E-state index in [0.717, 1.165) is 31.6 Å². The zero-order valence-corrected chi connectivity index (χ0v) is 13.3. The molecule has 1 heterocycles. The van der Waals surface area contributed by atoms with E-state index in [1.54, 1.807) is 13.8 Å². The SMILES string of the molecule is CC(F)CCN1CCCC(Cc2ccc(C(C)O)cc2)C1. The molecule has 118 valence electrons. The molecule has 0 bridgehead atoms. The topological polar surface area (TPSA) is 23.5 Å². The van der Waals surface area contributed by atoms with Gasteiger partial charge in [0.15, 0.2) is 0 Å². The molecule has 3 unspecified atom stereocenters. The quantitative estimate of drug-likeness (QED) is 0.863. The molecule has 3 heteroatoms. The van der Waals surface area contributed by atoms with E-state index in [2.05, 4.69) is 17.0 Å². The number of alkyl halides is 1. The number of aliphatic hydroxyl groups excluding tert-OH is 1. The van der Waals surface area contributed by atoms with Crippen molar-refractivity contribution in [2.45, 2.75) is 51.8 Å². The first-order valence-electron chi connectivity index (χ1n) is 8.18. The Morgan fingerprint density at radius 1 is 1.29 bits per heavy atom. The van der Waals surface area contributed by atoms with Gasteiger partial charge in [-0.25, -0.2) is 4.39 Å². The zero-order chi connectivity index (χ0) is 15.2. The maximum atomic E-state index is 13.0. The van der Waals surface area contributed by atoms with Crippen LogP contribution in [-0.2, 0) is 6.42 Å². The van der Waals surface area contributed by atoms with Gasteiger partial charge >= 0.3 is 0 Å². The van der Waals surface area contributed by atoms with Crippen molar-refractivity contribution in [1.29, 1.82) is 0 Å². The lowest BCUT2D eigenvalue weighted by atomic mass is 9.90. The molecular formula is C18H28FNO. The van der Waals surface area contributed by atoms with E-state index in [9.17, 15) is 9.50 Å². The molecule has 1 fully saturated rings. The van der Waals surface area contributed by atoms with Crippen LogP contribution in [0.2, 0.25) is 0 Å². The third-order valence-corrected chi connectivity index (χ3v) is 4.43. The summed E-state index contributed by atoms with van der Waals surface area (Å²) in [5, 5.41) is 9.54. The van der Waals surface area contributed by atoms with Crippen LogP contribution in [0.3, 0.4) is 0 Å². The second-order valence-corrected chi connectivity index (χ2v) is 6.50. The Kier molecular flexibility index (Phi) is 6.19. The molecule has 0 aromatic heterocycles. The second kappa shape index (κ2) is 7.90.